The Hall–Kier alpha value is -4.38. The zero-order chi connectivity index (χ0) is 36.1. The summed E-state index contributed by atoms with van der Waals surface area (Å²) >= 11 is 0. The van der Waals surface area contributed by atoms with Crippen LogP contribution in [-0.4, -0.2) is 70.6 Å². The number of esters is 4. The molecule has 3 aliphatic carbocycles. The highest BCUT2D eigenvalue weighted by Crippen LogP contribution is 2.67. The molecule has 2 aromatic carbocycles. The van der Waals surface area contributed by atoms with Gasteiger partial charge in [0, 0.05) is 36.5 Å². The van der Waals surface area contributed by atoms with E-state index in [2.05, 4.69) is 0 Å². The van der Waals surface area contributed by atoms with E-state index in [0.717, 1.165) is 13.8 Å². The van der Waals surface area contributed by atoms with Crippen LogP contribution in [0.25, 0.3) is 0 Å². The molecule has 0 aromatic heterocycles. The van der Waals surface area contributed by atoms with Crippen LogP contribution in [0.4, 0.5) is 0 Å². The number of ketones is 2. The smallest absolute Gasteiger partial charge is 0.338 e. The van der Waals surface area contributed by atoms with E-state index in [1.807, 2.05) is 0 Å². The average Bonchev–Trinajstić information content (AvgIpc) is 3.05. The van der Waals surface area contributed by atoms with Crippen molar-refractivity contribution in [1.29, 1.82) is 0 Å². The molecule has 3 fully saturated rings. The van der Waals surface area contributed by atoms with E-state index in [9.17, 15) is 33.9 Å². The van der Waals surface area contributed by atoms with Gasteiger partial charge in [-0.3, -0.25) is 19.2 Å². The number of ether oxygens (including phenoxy) is 4. The van der Waals surface area contributed by atoms with Crippen LogP contribution in [0.2, 0.25) is 0 Å². The van der Waals surface area contributed by atoms with Gasteiger partial charge < -0.3 is 24.1 Å². The number of aliphatic hydroxyl groups is 1. The maximum atomic E-state index is 14.5. The third-order valence-corrected chi connectivity index (χ3v) is 11.3. The predicted molar refractivity (Wildman–Crippen MR) is 174 cm³/mol. The Morgan fingerprint density at radius 1 is 0.755 bits per heavy atom. The van der Waals surface area contributed by atoms with Crippen molar-refractivity contribution in [3.05, 3.63) is 71.8 Å². The molecule has 9 unspecified atom stereocenters. The Labute approximate surface area is 285 Å². The van der Waals surface area contributed by atoms with Crippen molar-refractivity contribution in [2.45, 2.75) is 97.7 Å². The molecule has 262 valence electrons. The first-order chi connectivity index (χ1) is 22.9. The van der Waals surface area contributed by atoms with E-state index in [1.165, 1.54) is 12.1 Å². The van der Waals surface area contributed by atoms with Crippen molar-refractivity contribution >= 4 is 35.4 Å². The monoisotopic (exact) mass is 676 g/mol. The van der Waals surface area contributed by atoms with Gasteiger partial charge in [0.05, 0.1) is 17.0 Å². The lowest BCUT2D eigenvalue weighted by atomic mass is 9.39. The molecule has 1 N–H and O–H groups in total. The Morgan fingerprint density at radius 3 is 1.71 bits per heavy atom. The van der Waals surface area contributed by atoms with E-state index in [1.54, 1.807) is 83.1 Å². The highest BCUT2D eigenvalue weighted by Gasteiger charge is 2.78. The minimum Gasteiger partial charge on any atom is -0.459 e. The lowest BCUT2D eigenvalue weighted by Gasteiger charge is -2.67. The number of hydrogen-bond acceptors (Lipinski definition) is 11. The fraction of sp³-hybridized carbons (Fsp3) is 0.526. The minimum absolute atomic E-state index is 0.153. The third kappa shape index (κ3) is 5.85. The maximum absolute atomic E-state index is 14.5. The number of Topliss-reactive ketones (excluding diaryl/α,β-unsaturated/α-hetero) is 2. The number of rotatable bonds is 7. The molecule has 5 rings (SSSR count). The second kappa shape index (κ2) is 12.8. The van der Waals surface area contributed by atoms with Crippen LogP contribution in [0, 0.1) is 28.1 Å². The van der Waals surface area contributed by atoms with Crippen LogP contribution >= 0.6 is 0 Å². The van der Waals surface area contributed by atoms with Gasteiger partial charge >= 0.3 is 23.9 Å². The SMILES string of the molecule is CCC1(C)CC(=O)C2C(O)(C1=O)C(OC(C)=O)CC1C(C)(C)C(OC(=O)c3ccccc3)C(OC(C)=O)C(OC(=O)c3ccccc3)C12C. The van der Waals surface area contributed by atoms with Gasteiger partial charge in [-0.05, 0) is 43.0 Å². The molecule has 0 spiro atoms. The second-order valence-electron chi connectivity index (χ2n) is 14.7. The largest absolute Gasteiger partial charge is 0.459 e. The van der Waals surface area contributed by atoms with E-state index < -0.39 is 93.5 Å². The number of carbonyl (C=O) groups excluding carboxylic acids is 6. The summed E-state index contributed by atoms with van der Waals surface area (Å²) in [6.07, 6.45) is -5.90. The van der Waals surface area contributed by atoms with Crippen molar-refractivity contribution in [2.75, 3.05) is 0 Å². The van der Waals surface area contributed by atoms with E-state index in [0.29, 0.717) is 0 Å². The summed E-state index contributed by atoms with van der Waals surface area (Å²) in [5, 5.41) is 12.7. The lowest BCUT2D eigenvalue weighted by molar-refractivity contribution is -0.293. The van der Waals surface area contributed by atoms with Gasteiger partial charge in [-0.15, -0.1) is 0 Å². The van der Waals surface area contributed by atoms with Crippen molar-refractivity contribution in [3.63, 3.8) is 0 Å². The predicted octanol–water partition coefficient (Wildman–Crippen LogP) is 4.67. The van der Waals surface area contributed by atoms with Crippen LogP contribution in [0.15, 0.2) is 60.7 Å². The number of benzene rings is 2. The molecular formula is C38H44O11. The molecule has 2 aromatic rings. The molecule has 3 aliphatic rings. The molecule has 3 saturated carbocycles. The summed E-state index contributed by atoms with van der Waals surface area (Å²) in [5.74, 6) is -6.64. The first kappa shape index (κ1) is 35.9. The number of hydrogen-bond donors (Lipinski definition) is 1. The first-order valence-corrected chi connectivity index (χ1v) is 16.6. The molecule has 0 saturated heterocycles. The zero-order valence-corrected chi connectivity index (χ0v) is 28.9. The Morgan fingerprint density at radius 2 is 1.24 bits per heavy atom. The molecule has 11 heteroatoms. The van der Waals surface area contributed by atoms with E-state index in [-0.39, 0.29) is 30.4 Å². The van der Waals surface area contributed by atoms with Gasteiger partial charge in [0.25, 0.3) is 0 Å². The molecule has 0 heterocycles. The molecule has 49 heavy (non-hydrogen) atoms. The lowest BCUT2D eigenvalue weighted by Crippen LogP contribution is -2.80. The van der Waals surface area contributed by atoms with Crippen LogP contribution in [0.3, 0.4) is 0 Å². The first-order valence-electron chi connectivity index (χ1n) is 16.6. The van der Waals surface area contributed by atoms with Crippen LogP contribution < -0.4 is 0 Å². The van der Waals surface area contributed by atoms with E-state index >= 15 is 0 Å². The van der Waals surface area contributed by atoms with Gasteiger partial charge in [-0.25, -0.2) is 9.59 Å². The fourth-order valence-corrected chi connectivity index (χ4v) is 8.90. The Kier molecular flexibility index (Phi) is 9.40. The van der Waals surface area contributed by atoms with Crippen LogP contribution in [0.1, 0.15) is 88.4 Å². The van der Waals surface area contributed by atoms with Gasteiger partial charge in [0.2, 0.25) is 0 Å². The van der Waals surface area contributed by atoms with Crippen molar-refractivity contribution in [1.82, 2.24) is 0 Å². The number of carbonyl (C=O) groups is 6. The number of fused-ring (bicyclic) bond motifs is 3. The quantitative estimate of drug-likeness (QED) is 0.321. The van der Waals surface area contributed by atoms with Crippen LogP contribution in [-0.2, 0) is 38.1 Å². The summed E-state index contributed by atoms with van der Waals surface area (Å²) in [4.78, 5) is 81.9. The average molecular weight is 677 g/mol. The molecule has 0 bridgehead atoms. The van der Waals surface area contributed by atoms with Gasteiger partial charge in [0.15, 0.2) is 17.5 Å². The topological polar surface area (TPSA) is 160 Å². The fourth-order valence-electron chi connectivity index (χ4n) is 8.90. The summed E-state index contributed by atoms with van der Waals surface area (Å²) in [5.41, 5.74) is -6.22. The second-order valence-corrected chi connectivity index (χ2v) is 14.7. The molecule has 0 radical (unpaired) electrons. The van der Waals surface area contributed by atoms with Gasteiger partial charge in [0.1, 0.15) is 24.1 Å². The highest BCUT2D eigenvalue weighted by molar-refractivity contribution is 6.06. The van der Waals surface area contributed by atoms with E-state index in [4.69, 9.17) is 18.9 Å². The van der Waals surface area contributed by atoms with Crippen molar-refractivity contribution in [3.8, 4) is 0 Å². The summed E-state index contributed by atoms with van der Waals surface area (Å²) < 4.78 is 24.0. The van der Waals surface area contributed by atoms with Gasteiger partial charge in [-0.1, -0.05) is 71.0 Å². The Balaban J connectivity index is 1.76. The zero-order valence-electron chi connectivity index (χ0n) is 28.9. The highest BCUT2D eigenvalue weighted by atomic mass is 16.6. The Bertz CT molecular complexity index is 1650. The van der Waals surface area contributed by atoms with Crippen molar-refractivity contribution < 1.29 is 52.8 Å². The third-order valence-electron chi connectivity index (χ3n) is 11.3. The summed E-state index contributed by atoms with van der Waals surface area (Å²) in [6, 6.07) is 16.2. The minimum atomic E-state index is -2.52. The van der Waals surface area contributed by atoms with Crippen LogP contribution in [0.5, 0.6) is 0 Å². The maximum Gasteiger partial charge on any atom is 0.338 e. The van der Waals surface area contributed by atoms with Gasteiger partial charge in [-0.2, -0.15) is 0 Å². The summed E-state index contributed by atoms with van der Waals surface area (Å²) in [7, 11) is 0. The normalized spacial score (nSPS) is 34.9. The van der Waals surface area contributed by atoms with Crippen molar-refractivity contribution in [2.24, 2.45) is 28.1 Å². The molecule has 9 atom stereocenters. The molecule has 0 amide bonds. The molecule has 11 nitrogen and oxygen atoms in total. The summed E-state index contributed by atoms with van der Waals surface area (Å²) in [6.45, 7) is 10.8. The standard InChI is InChI=1S/C38H44O11/c1-8-36(6)20-25(41)29-37(7)26(19-27(46-21(2)39)38(29,45)34(36)44)35(4,5)30(48-32(42)23-15-11-9-12-16-23)28(47-22(3)40)31(37)49-33(43)24-17-13-10-14-18-24/h9-18,26-31,45H,8,19-20H2,1-7H3. The molecule has 0 aliphatic heterocycles. The molecular weight excluding hydrogens is 632 g/mol.